The van der Waals surface area contributed by atoms with Crippen LogP contribution in [-0.2, 0) is 0 Å². The molecule has 4 rings (SSSR count). The Labute approximate surface area is 178 Å². The van der Waals surface area contributed by atoms with Gasteiger partial charge in [-0.25, -0.2) is 0 Å². The predicted molar refractivity (Wildman–Crippen MR) is 132 cm³/mol. The lowest BCUT2D eigenvalue weighted by molar-refractivity contribution is 1.60. The molecule has 4 aromatic carbocycles. The molecule has 148 valence electrons. The number of hydrogen-bond acceptors (Lipinski definition) is 4. The fourth-order valence-corrected chi connectivity index (χ4v) is 2.97. The molecule has 0 amide bonds. The Bertz CT molecular complexity index is 905. The van der Waals surface area contributed by atoms with Crippen molar-refractivity contribution < 1.29 is 0 Å². The van der Waals surface area contributed by atoms with Crippen LogP contribution in [0.5, 0.6) is 0 Å². The molecule has 0 atom stereocenters. The highest BCUT2D eigenvalue weighted by Gasteiger charge is 2.04. The number of para-hydroxylation sites is 4. The van der Waals surface area contributed by atoms with Gasteiger partial charge in [-0.05, 0) is 24.3 Å². The van der Waals surface area contributed by atoms with Crippen LogP contribution in [0.1, 0.15) is 0 Å². The number of benzene rings is 4. The van der Waals surface area contributed by atoms with Crippen molar-refractivity contribution in [2.75, 3.05) is 22.9 Å². The molecule has 5 heteroatoms. The molecule has 8 N–H and O–H groups in total. The number of anilines is 4. The maximum atomic E-state index is 5.87. The van der Waals surface area contributed by atoms with Crippen LogP contribution in [0.15, 0.2) is 97.1 Å². The molecule has 0 heterocycles. The van der Waals surface area contributed by atoms with Crippen molar-refractivity contribution in [3.05, 3.63) is 97.1 Å². The molecule has 0 aliphatic rings. The van der Waals surface area contributed by atoms with E-state index in [-0.39, 0.29) is 13.5 Å². The molecule has 0 bridgehead atoms. The number of hydrogen-bond donors (Lipinski definition) is 4. The molecule has 0 aliphatic carbocycles. The van der Waals surface area contributed by atoms with Crippen LogP contribution in [0.3, 0.4) is 0 Å². The Hall–Kier alpha value is -3.57. The minimum atomic E-state index is 0. The van der Waals surface area contributed by atoms with E-state index in [0.717, 1.165) is 45.0 Å². The van der Waals surface area contributed by atoms with Crippen molar-refractivity contribution >= 4 is 36.2 Å². The van der Waals surface area contributed by atoms with Crippen molar-refractivity contribution in [2.45, 2.75) is 0 Å². The summed E-state index contributed by atoms with van der Waals surface area (Å²) in [4.78, 5) is 0. The molecule has 0 saturated carbocycles. The first kappa shape index (κ1) is 21.7. The molecule has 4 aromatic rings. The zero-order valence-corrected chi connectivity index (χ0v) is 17.0. The first-order valence-corrected chi connectivity index (χ1v) is 8.96. The normalized spacial score (nSPS) is 9.66. The average molecular weight is 403 g/mol. The molecule has 0 aliphatic heterocycles. The molecular formula is C24H26N4S. The van der Waals surface area contributed by atoms with Gasteiger partial charge >= 0.3 is 0 Å². The third kappa shape index (κ3) is 5.24. The van der Waals surface area contributed by atoms with Crippen LogP contribution in [0.4, 0.5) is 22.7 Å². The number of rotatable bonds is 2. The van der Waals surface area contributed by atoms with Crippen molar-refractivity contribution in [1.29, 1.82) is 0 Å². The Balaban J connectivity index is 0.000000200. The highest BCUT2D eigenvalue weighted by molar-refractivity contribution is 7.59. The predicted octanol–water partition coefficient (Wildman–Crippen LogP) is 5.15. The fraction of sp³-hybridized carbons (Fsp3) is 0. The molecule has 0 spiro atoms. The Morgan fingerprint density at radius 2 is 0.483 bits per heavy atom. The first-order valence-electron chi connectivity index (χ1n) is 8.96. The summed E-state index contributed by atoms with van der Waals surface area (Å²) in [6.45, 7) is 0. The van der Waals surface area contributed by atoms with Crippen LogP contribution in [0.25, 0.3) is 22.3 Å². The van der Waals surface area contributed by atoms with E-state index in [2.05, 4.69) is 0 Å². The van der Waals surface area contributed by atoms with E-state index in [9.17, 15) is 0 Å². The third-order valence-corrected chi connectivity index (χ3v) is 4.42. The van der Waals surface area contributed by atoms with Crippen LogP contribution in [0, 0.1) is 0 Å². The van der Waals surface area contributed by atoms with Gasteiger partial charge in [0.1, 0.15) is 0 Å². The topological polar surface area (TPSA) is 104 Å². The Kier molecular flexibility index (Phi) is 7.57. The van der Waals surface area contributed by atoms with E-state index >= 15 is 0 Å². The minimum absolute atomic E-state index is 0. The minimum Gasteiger partial charge on any atom is -0.398 e. The van der Waals surface area contributed by atoms with Gasteiger partial charge in [-0.3, -0.25) is 0 Å². The maximum Gasteiger partial charge on any atom is 0.0394 e. The zero-order chi connectivity index (χ0) is 19.9. The van der Waals surface area contributed by atoms with Crippen LogP contribution in [0.2, 0.25) is 0 Å². The van der Waals surface area contributed by atoms with E-state index in [4.69, 9.17) is 22.9 Å². The lowest BCUT2D eigenvalue weighted by atomic mass is 10.0. The standard InChI is InChI=1S/2C12H12N2.H2S/c2*13-11-7-3-1-5-9(11)10-6-2-4-8-12(10)14;/h2*1-8H,13-14H2;1H2. The molecule has 0 aromatic heterocycles. The van der Waals surface area contributed by atoms with Crippen molar-refractivity contribution in [3.63, 3.8) is 0 Å². The molecule has 0 saturated heterocycles. The van der Waals surface area contributed by atoms with Crippen molar-refractivity contribution in [3.8, 4) is 22.3 Å². The highest BCUT2D eigenvalue weighted by atomic mass is 32.1. The van der Waals surface area contributed by atoms with E-state index in [1.54, 1.807) is 0 Å². The SMILES string of the molecule is Nc1ccccc1-c1ccccc1N.Nc1ccccc1-c1ccccc1N.S. The van der Waals surface area contributed by atoms with Gasteiger partial charge in [-0.2, -0.15) is 13.5 Å². The molecule has 0 fully saturated rings. The van der Waals surface area contributed by atoms with E-state index in [1.165, 1.54) is 0 Å². The average Bonchev–Trinajstić information content (AvgIpc) is 2.71. The summed E-state index contributed by atoms with van der Waals surface area (Å²) in [5.41, 5.74) is 30.4. The van der Waals surface area contributed by atoms with Gasteiger partial charge in [0.25, 0.3) is 0 Å². The van der Waals surface area contributed by atoms with E-state index in [0.29, 0.717) is 0 Å². The molecule has 0 unspecified atom stereocenters. The van der Waals surface area contributed by atoms with Gasteiger partial charge in [0.15, 0.2) is 0 Å². The largest absolute Gasteiger partial charge is 0.398 e. The Morgan fingerprint density at radius 3 is 0.655 bits per heavy atom. The second-order valence-electron chi connectivity index (χ2n) is 6.35. The van der Waals surface area contributed by atoms with Crippen molar-refractivity contribution in [1.82, 2.24) is 0 Å². The van der Waals surface area contributed by atoms with Gasteiger partial charge in [0.05, 0.1) is 0 Å². The molecular weight excluding hydrogens is 376 g/mol. The molecule has 0 radical (unpaired) electrons. The van der Waals surface area contributed by atoms with Crippen LogP contribution >= 0.6 is 13.5 Å². The van der Waals surface area contributed by atoms with Crippen LogP contribution in [-0.4, -0.2) is 0 Å². The summed E-state index contributed by atoms with van der Waals surface area (Å²) in [7, 11) is 0. The Morgan fingerprint density at radius 1 is 0.310 bits per heavy atom. The maximum absolute atomic E-state index is 5.87. The lowest BCUT2D eigenvalue weighted by Gasteiger charge is -2.07. The monoisotopic (exact) mass is 402 g/mol. The van der Waals surface area contributed by atoms with E-state index < -0.39 is 0 Å². The quantitative estimate of drug-likeness (QED) is 0.348. The van der Waals surface area contributed by atoms with E-state index in [1.807, 2.05) is 97.1 Å². The second-order valence-corrected chi connectivity index (χ2v) is 6.35. The highest BCUT2D eigenvalue weighted by Crippen LogP contribution is 2.30. The summed E-state index contributed by atoms with van der Waals surface area (Å²) >= 11 is 0. The van der Waals surface area contributed by atoms with Gasteiger partial charge in [0, 0.05) is 45.0 Å². The smallest absolute Gasteiger partial charge is 0.0394 e. The summed E-state index contributed by atoms with van der Waals surface area (Å²) in [6, 6.07) is 30.9. The summed E-state index contributed by atoms with van der Waals surface area (Å²) < 4.78 is 0. The zero-order valence-electron chi connectivity index (χ0n) is 16.0. The second kappa shape index (κ2) is 10.1. The molecule has 4 nitrogen and oxygen atoms in total. The number of nitrogens with two attached hydrogens (primary N) is 4. The van der Waals surface area contributed by atoms with Crippen LogP contribution < -0.4 is 22.9 Å². The summed E-state index contributed by atoms with van der Waals surface area (Å²) in [5, 5.41) is 0. The van der Waals surface area contributed by atoms with Gasteiger partial charge < -0.3 is 22.9 Å². The molecule has 29 heavy (non-hydrogen) atoms. The third-order valence-electron chi connectivity index (χ3n) is 4.42. The van der Waals surface area contributed by atoms with Gasteiger partial charge in [-0.15, -0.1) is 0 Å². The first-order chi connectivity index (χ1) is 13.6. The lowest BCUT2D eigenvalue weighted by Crippen LogP contribution is -1.93. The van der Waals surface area contributed by atoms with Crippen molar-refractivity contribution in [2.24, 2.45) is 0 Å². The number of nitrogen functional groups attached to an aromatic ring is 4. The van der Waals surface area contributed by atoms with Gasteiger partial charge in [0.2, 0.25) is 0 Å². The fourth-order valence-electron chi connectivity index (χ4n) is 2.97. The summed E-state index contributed by atoms with van der Waals surface area (Å²) in [5.74, 6) is 0. The van der Waals surface area contributed by atoms with Gasteiger partial charge in [-0.1, -0.05) is 72.8 Å². The summed E-state index contributed by atoms with van der Waals surface area (Å²) in [6.07, 6.45) is 0.